The second kappa shape index (κ2) is 8.48. The zero-order valence-electron chi connectivity index (χ0n) is 11.0. The van der Waals surface area contributed by atoms with Crippen LogP contribution in [0.3, 0.4) is 0 Å². The first-order chi connectivity index (χ1) is 8.27. The van der Waals surface area contributed by atoms with Crippen molar-refractivity contribution < 1.29 is 9.90 Å². The molecule has 1 aliphatic heterocycles. The largest absolute Gasteiger partial charge is 0.396 e. The predicted molar refractivity (Wildman–Crippen MR) is 68.9 cm³/mol. The van der Waals surface area contributed by atoms with Gasteiger partial charge in [0.05, 0.1) is 0 Å². The van der Waals surface area contributed by atoms with E-state index in [2.05, 4.69) is 4.90 Å². The molecule has 17 heavy (non-hydrogen) atoms. The van der Waals surface area contributed by atoms with Crippen molar-refractivity contribution in [3.8, 4) is 0 Å². The molecule has 0 unspecified atom stereocenters. The molecular weight excluding hydrogens is 216 g/mol. The Morgan fingerprint density at radius 3 is 2.65 bits per heavy atom. The first kappa shape index (κ1) is 14.5. The van der Waals surface area contributed by atoms with Gasteiger partial charge in [-0.25, -0.2) is 0 Å². The van der Waals surface area contributed by atoms with Gasteiger partial charge >= 0.3 is 0 Å². The SMILES string of the molecule is CCC(=O)N1CCCN(CCCCCO)CC1. The summed E-state index contributed by atoms with van der Waals surface area (Å²) in [7, 11) is 0. The Hall–Kier alpha value is -0.610. The van der Waals surface area contributed by atoms with Crippen LogP contribution in [0.25, 0.3) is 0 Å². The highest BCUT2D eigenvalue weighted by atomic mass is 16.2. The van der Waals surface area contributed by atoms with Crippen LogP contribution in [-0.4, -0.2) is 60.1 Å². The summed E-state index contributed by atoms with van der Waals surface area (Å²) in [5.41, 5.74) is 0. The van der Waals surface area contributed by atoms with Crippen LogP contribution in [0.4, 0.5) is 0 Å². The third-order valence-corrected chi connectivity index (χ3v) is 3.38. The standard InChI is InChI=1S/C13H26N2O2/c1-2-13(17)15-9-6-8-14(10-11-15)7-4-3-5-12-16/h16H,2-12H2,1H3. The average molecular weight is 242 g/mol. The fourth-order valence-electron chi connectivity index (χ4n) is 2.29. The Labute approximate surface area is 105 Å². The van der Waals surface area contributed by atoms with Gasteiger partial charge in [0.15, 0.2) is 0 Å². The van der Waals surface area contributed by atoms with Gasteiger partial charge < -0.3 is 14.9 Å². The van der Waals surface area contributed by atoms with E-state index in [1.165, 1.54) is 0 Å². The van der Waals surface area contributed by atoms with E-state index < -0.39 is 0 Å². The minimum atomic E-state index is 0.284. The van der Waals surface area contributed by atoms with Gasteiger partial charge in [-0.05, 0) is 38.8 Å². The maximum absolute atomic E-state index is 11.6. The normalized spacial score (nSPS) is 18.1. The van der Waals surface area contributed by atoms with E-state index >= 15 is 0 Å². The summed E-state index contributed by atoms with van der Waals surface area (Å²) in [5.74, 6) is 0.284. The number of hydrogen-bond donors (Lipinski definition) is 1. The van der Waals surface area contributed by atoms with Crippen molar-refractivity contribution in [2.75, 3.05) is 39.3 Å². The number of aliphatic hydroxyl groups excluding tert-OH is 1. The zero-order chi connectivity index (χ0) is 12.5. The second-order valence-corrected chi connectivity index (χ2v) is 4.71. The molecular formula is C13H26N2O2. The van der Waals surface area contributed by atoms with E-state index in [0.29, 0.717) is 13.0 Å². The highest BCUT2D eigenvalue weighted by molar-refractivity contribution is 5.75. The second-order valence-electron chi connectivity index (χ2n) is 4.71. The molecule has 0 aromatic carbocycles. The molecule has 1 fully saturated rings. The van der Waals surface area contributed by atoms with E-state index in [0.717, 1.165) is 58.4 Å². The molecule has 1 N–H and O–H groups in total. The number of hydrogen-bond acceptors (Lipinski definition) is 3. The third kappa shape index (κ3) is 5.50. The number of carbonyl (C=O) groups is 1. The van der Waals surface area contributed by atoms with Crippen LogP contribution in [0, 0.1) is 0 Å². The smallest absolute Gasteiger partial charge is 0.222 e. The lowest BCUT2D eigenvalue weighted by atomic mass is 10.2. The molecule has 0 atom stereocenters. The van der Waals surface area contributed by atoms with Crippen molar-refractivity contribution in [1.29, 1.82) is 0 Å². The maximum atomic E-state index is 11.6. The molecule has 1 saturated heterocycles. The van der Waals surface area contributed by atoms with E-state index in [-0.39, 0.29) is 5.91 Å². The predicted octanol–water partition coefficient (Wildman–Crippen LogP) is 1.09. The Morgan fingerprint density at radius 1 is 1.12 bits per heavy atom. The summed E-state index contributed by atoms with van der Waals surface area (Å²) < 4.78 is 0. The molecule has 100 valence electrons. The third-order valence-electron chi connectivity index (χ3n) is 3.38. The minimum absolute atomic E-state index is 0.284. The number of amides is 1. The van der Waals surface area contributed by atoms with Crippen LogP contribution in [0.2, 0.25) is 0 Å². The van der Waals surface area contributed by atoms with Gasteiger partial charge in [0.25, 0.3) is 0 Å². The molecule has 4 heteroatoms. The Morgan fingerprint density at radius 2 is 1.94 bits per heavy atom. The fraction of sp³-hybridized carbons (Fsp3) is 0.923. The van der Waals surface area contributed by atoms with Crippen molar-refractivity contribution in [2.45, 2.75) is 39.0 Å². The molecule has 0 radical (unpaired) electrons. The Balaban J connectivity index is 2.20. The van der Waals surface area contributed by atoms with Crippen LogP contribution >= 0.6 is 0 Å². The van der Waals surface area contributed by atoms with Gasteiger partial charge in [0, 0.05) is 32.7 Å². The molecule has 0 aromatic rings. The van der Waals surface area contributed by atoms with Crippen LogP contribution in [0.5, 0.6) is 0 Å². The summed E-state index contributed by atoms with van der Waals surface area (Å²) in [6.45, 7) is 7.25. The molecule has 1 aliphatic rings. The highest BCUT2D eigenvalue weighted by Gasteiger charge is 2.17. The van der Waals surface area contributed by atoms with Gasteiger partial charge in [-0.1, -0.05) is 6.92 Å². The fourth-order valence-corrected chi connectivity index (χ4v) is 2.29. The van der Waals surface area contributed by atoms with Crippen molar-refractivity contribution in [3.05, 3.63) is 0 Å². The number of nitrogens with zero attached hydrogens (tertiary/aromatic N) is 2. The van der Waals surface area contributed by atoms with Crippen LogP contribution < -0.4 is 0 Å². The van der Waals surface area contributed by atoms with Gasteiger partial charge in [-0.15, -0.1) is 0 Å². The molecule has 0 saturated carbocycles. The zero-order valence-corrected chi connectivity index (χ0v) is 11.0. The lowest BCUT2D eigenvalue weighted by Gasteiger charge is -2.21. The van der Waals surface area contributed by atoms with Crippen LogP contribution in [0.15, 0.2) is 0 Å². The van der Waals surface area contributed by atoms with Crippen LogP contribution in [0.1, 0.15) is 39.0 Å². The van der Waals surface area contributed by atoms with E-state index in [1.54, 1.807) is 0 Å². The monoisotopic (exact) mass is 242 g/mol. The number of aliphatic hydroxyl groups is 1. The van der Waals surface area contributed by atoms with Gasteiger partial charge in [-0.2, -0.15) is 0 Å². The Kier molecular flexibility index (Phi) is 7.21. The highest BCUT2D eigenvalue weighted by Crippen LogP contribution is 2.06. The number of unbranched alkanes of at least 4 members (excludes halogenated alkanes) is 2. The summed E-state index contributed by atoms with van der Waals surface area (Å²) in [6, 6.07) is 0. The first-order valence-corrected chi connectivity index (χ1v) is 6.89. The van der Waals surface area contributed by atoms with Gasteiger partial charge in [0.2, 0.25) is 5.91 Å². The number of carbonyl (C=O) groups excluding carboxylic acids is 1. The summed E-state index contributed by atoms with van der Waals surface area (Å²) >= 11 is 0. The minimum Gasteiger partial charge on any atom is -0.396 e. The molecule has 0 bridgehead atoms. The summed E-state index contributed by atoms with van der Waals surface area (Å²) in [6.07, 6.45) is 4.88. The maximum Gasteiger partial charge on any atom is 0.222 e. The van der Waals surface area contributed by atoms with Crippen molar-refractivity contribution in [3.63, 3.8) is 0 Å². The van der Waals surface area contributed by atoms with Crippen molar-refractivity contribution in [2.24, 2.45) is 0 Å². The van der Waals surface area contributed by atoms with Crippen LogP contribution in [-0.2, 0) is 4.79 Å². The molecule has 0 aromatic heterocycles. The van der Waals surface area contributed by atoms with Crippen molar-refractivity contribution >= 4 is 5.91 Å². The molecule has 1 amide bonds. The summed E-state index contributed by atoms with van der Waals surface area (Å²) in [4.78, 5) is 16.0. The van der Waals surface area contributed by atoms with E-state index in [4.69, 9.17) is 5.11 Å². The topological polar surface area (TPSA) is 43.8 Å². The Bertz CT molecular complexity index is 221. The lowest BCUT2D eigenvalue weighted by Crippen LogP contribution is -2.35. The van der Waals surface area contributed by atoms with Gasteiger partial charge in [-0.3, -0.25) is 4.79 Å². The quantitative estimate of drug-likeness (QED) is 0.709. The molecule has 4 nitrogen and oxygen atoms in total. The molecule has 0 spiro atoms. The molecule has 1 rings (SSSR count). The van der Waals surface area contributed by atoms with E-state index in [1.807, 2.05) is 11.8 Å². The van der Waals surface area contributed by atoms with Crippen molar-refractivity contribution in [1.82, 2.24) is 9.80 Å². The molecule has 1 heterocycles. The summed E-state index contributed by atoms with van der Waals surface area (Å²) in [5, 5.41) is 8.71. The lowest BCUT2D eigenvalue weighted by molar-refractivity contribution is -0.130. The molecule has 0 aliphatic carbocycles. The first-order valence-electron chi connectivity index (χ1n) is 6.89. The number of rotatable bonds is 6. The van der Waals surface area contributed by atoms with Gasteiger partial charge in [0.1, 0.15) is 0 Å². The average Bonchev–Trinajstić information content (AvgIpc) is 2.59. The van der Waals surface area contributed by atoms with E-state index in [9.17, 15) is 4.79 Å².